The largest absolute Gasteiger partial charge is 0.464 e. The van der Waals surface area contributed by atoms with E-state index in [1.807, 2.05) is 56.3 Å². The molecule has 0 N–H and O–H groups in total. The standard InChI is InChI=1S/C23H26N2O4/c1-3-13-24(23(27)21-10-7-14-28-21)17-22(26)25(15-19-8-5-4-6-9-19)16-20-12-11-18(2)29-20/h4-12,14H,3,13,15-17H2,1-2H3. The van der Waals surface area contributed by atoms with Crippen molar-refractivity contribution in [2.24, 2.45) is 0 Å². The minimum Gasteiger partial charge on any atom is -0.464 e. The summed E-state index contributed by atoms with van der Waals surface area (Å²) in [6, 6.07) is 16.8. The summed E-state index contributed by atoms with van der Waals surface area (Å²) >= 11 is 0. The first-order chi connectivity index (χ1) is 14.1. The summed E-state index contributed by atoms with van der Waals surface area (Å²) in [5, 5.41) is 0. The van der Waals surface area contributed by atoms with Gasteiger partial charge < -0.3 is 18.6 Å². The topological polar surface area (TPSA) is 66.9 Å². The third kappa shape index (κ3) is 5.60. The maximum atomic E-state index is 13.2. The van der Waals surface area contributed by atoms with Gasteiger partial charge in [0.25, 0.3) is 5.91 Å². The number of furan rings is 2. The zero-order valence-electron chi connectivity index (χ0n) is 16.8. The predicted octanol–water partition coefficient (Wildman–Crippen LogP) is 4.26. The van der Waals surface area contributed by atoms with Crippen LogP contribution in [0, 0.1) is 6.92 Å². The van der Waals surface area contributed by atoms with E-state index >= 15 is 0 Å². The van der Waals surface area contributed by atoms with Crippen LogP contribution >= 0.6 is 0 Å². The van der Waals surface area contributed by atoms with Crippen LogP contribution in [0.4, 0.5) is 0 Å². The molecular formula is C23H26N2O4. The van der Waals surface area contributed by atoms with Gasteiger partial charge in [0.15, 0.2) is 5.76 Å². The zero-order chi connectivity index (χ0) is 20.6. The third-order valence-electron chi connectivity index (χ3n) is 4.55. The smallest absolute Gasteiger partial charge is 0.290 e. The van der Waals surface area contributed by atoms with Crippen molar-refractivity contribution in [1.29, 1.82) is 0 Å². The lowest BCUT2D eigenvalue weighted by molar-refractivity contribution is -0.133. The van der Waals surface area contributed by atoms with Crippen LogP contribution < -0.4 is 0 Å². The lowest BCUT2D eigenvalue weighted by Crippen LogP contribution is -2.42. The Morgan fingerprint density at radius 2 is 1.72 bits per heavy atom. The SMILES string of the molecule is CCCN(CC(=O)N(Cc1ccccc1)Cc1ccc(C)o1)C(=O)c1ccco1. The van der Waals surface area contributed by atoms with E-state index in [0.717, 1.165) is 17.7 Å². The van der Waals surface area contributed by atoms with Gasteiger partial charge in [0.05, 0.1) is 12.8 Å². The molecule has 2 aromatic heterocycles. The molecule has 29 heavy (non-hydrogen) atoms. The first-order valence-corrected chi connectivity index (χ1v) is 9.76. The van der Waals surface area contributed by atoms with E-state index in [0.29, 0.717) is 25.4 Å². The predicted molar refractivity (Wildman–Crippen MR) is 109 cm³/mol. The summed E-state index contributed by atoms with van der Waals surface area (Å²) < 4.78 is 10.9. The molecule has 2 amide bonds. The van der Waals surface area contributed by atoms with Crippen molar-refractivity contribution in [2.45, 2.75) is 33.4 Å². The Balaban J connectivity index is 1.77. The molecule has 0 saturated heterocycles. The van der Waals surface area contributed by atoms with Crippen molar-refractivity contribution in [1.82, 2.24) is 9.80 Å². The molecule has 6 nitrogen and oxygen atoms in total. The molecular weight excluding hydrogens is 368 g/mol. The maximum absolute atomic E-state index is 13.2. The summed E-state index contributed by atoms with van der Waals surface area (Å²) in [6.45, 7) is 5.09. The average molecular weight is 394 g/mol. The van der Waals surface area contributed by atoms with Gasteiger partial charge in [-0.1, -0.05) is 37.3 Å². The Morgan fingerprint density at radius 3 is 2.34 bits per heavy atom. The Kier molecular flexibility index (Phi) is 6.89. The number of benzene rings is 1. The van der Waals surface area contributed by atoms with Gasteiger partial charge in [-0.15, -0.1) is 0 Å². The Morgan fingerprint density at radius 1 is 0.931 bits per heavy atom. The summed E-state index contributed by atoms with van der Waals surface area (Å²) in [5.74, 6) is 1.33. The van der Waals surface area contributed by atoms with Crippen molar-refractivity contribution < 1.29 is 18.4 Å². The van der Waals surface area contributed by atoms with Crippen LogP contribution in [0.5, 0.6) is 0 Å². The van der Waals surface area contributed by atoms with Crippen LogP contribution in [0.1, 0.15) is 41.0 Å². The van der Waals surface area contributed by atoms with E-state index in [1.54, 1.807) is 17.0 Å². The van der Waals surface area contributed by atoms with Crippen molar-refractivity contribution >= 4 is 11.8 Å². The zero-order valence-corrected chi connectivity index (χ0v) is 16.8. The van der Waals surface area contributed by atoms with Gasteiger partial charge in [-0.2, -0.15) is 0 Å². The van der Waals surface area contributed by atoms with E-state index in [9.17, 15) is 9.59 Å². The van der Waals surface area contributed by atoms with E-state index in [4.69, 9.17) is 8.83 Å². The number of nitrogens with zero attached hydrogens (tertiary/aromatic N) is 2. The second-order valence-electron chi connectivity index (χ2n) is 6.95. The Bertz CT molecular complexity index is 916. The monoisotopic (exact) mass is 394 g/mol. The average Bonchev–Trinajstić information content (AvgIpc) is 3.39. The summed E-state index contributed by atoms with van der Waals surface area (Å²) in [5.41, 5.74) is 1.02. The second-order valence-corrected chi connectivity index (χ2v) is 6.95. The van der Waals surface area contributed by atoms with Crippen molar-refractivity contribution in [2.75, 3.05) is 13.1 Å². The third-order valence-corrected chi connectivity index (χ3v) is 4.55. The fourth-order valence-electron chi connectivity index (χ4n) is 3.14. The normalized spacial score (nSPS) is 10.7. The quantitative estimate of drug-likeness (QED) is 0.544. The molecule has 0 saturated carbocycles. The fourth-order valence-corrected chi connectivity index (χ4v) is 3.14. The Hall–Kier alpha value is -3.28. The summed E-state index contributed by atoms with van der Waals surface area (Å²) in [7, 11) is 0. The van der Waals surface area contributed by atoms with Crippen LogP contribution in [0.15, 0.2) is 69.7 Å². The molecule has 2 heterocycles. The molecule has 0 aliphatic heterocycles. The molecule has 0 atom stereocenters. The van der Waals surface area contributed by atoms with Gasteiger partial charge in [-0.3, -0.25) is 9.59 Å². The van der Waals surface area contributed by atoms with Crippen LogP contribution in [-0.2, 0) is 17.9 Å². The molecule has 0 fully saturated rings. The highest BCUT2D eigenvalue weighted by Gasteiger charge is 2.24. The molecule has 0 radical (unpaired) electrons. The van der Waals surface area contributed by atoms with Gasteiger partial charge in [0.2, 0.25) is 5.91 Å². The highest BCUT2D eigenvalue weighted by molar-refractivity contribution is 5.94. The number of hydrogen-bond donors (Lipinski definition) is 0. The molecule has 3 rings (SSSR count). The van der Waals surface area contributed by atoms with E-state index < -0.39 is 0 Å². The van der Waals surface area contributed by atoms with Crippen LogP contribution in [0.2, 0.25) is 0 Å². The second kappa shape index (κ2) is 9.78. The number of amides is 2. The fraction of sp³-hybridized carbons (Fsp3) is 0.304. The van der Waals surface area contributed by atoms with Gasteiger partial charge in [-0.25, -0.2) is 0 Å². The molecule has 0 unspecified atom stereocenters. The highest BCUT2D eigenvalue weighted by Crippen LogP contribution is 2.14. The number of aryl methyl sites for hydroxylation is 1. The van der Waals surface area contributed by atoms with Crippen molar-refractivity contribution in [3.05, 3.63) is 83.7 Å². The molecule has 0 bridgehead atoms. The first kappa shape index (κ1) is 20.5. The number of hydrogen-bond acceptors (Lipinski definition) is 4. The number of carbonyl (C=O) groups is 2. The number of carbonyl (C=O) groups excluding carboxylic acids is 2. The molecule has 0 aliphatic rings. The molecule has 0 aliphatic carbocycles. The summed E-state index contributed by atoms with van der Waals surface area (Å²) in [4.78, 5) is 29.1. The van der Waals surface area contributed by atoms with E-state index in [-0.39, 0.29) is 24.1 Å². The van der Waals surface area contributed by atoms with Crippen molar-refractivity contribution in [3.63, 3.8) is 0 Å². The number of rotatable bonds is 9. The highest BCUT2D eigenvalue weighted by atomic mass is 16.3. The molecule has 0 spiro atoms. The lowest BCUT2D eigenvalue weighted by atomic mass is 10.2. The maximum Gasteiger partial charge on any atom is 0.290 e. The van der Waals surface area contributed by atoms with E-state index in [1.165, 1.54) is 11.2 Å². The van der Waals surface area contributed by atoms with Gasteiger partial charge in [0.1, 0.15) is 18.1 Å². The Labute approximate surface area is 170 Å². The van der Waals surface area contributed by atoms with Crippen LogP contribution in [0.25, 0.3) is 0 Å². The summed E-state index contributed by atoms with van der Waals surface area (Å²) in [6.07, 6.45) is 2.20. The van der Waals surface area contributed by atoms with Crippen LogP contribution in [-0.4, -0.2) is 34.7 Å². The minimum atomic E-state index is -0.279. The van der Waals surface area contributed by atoms with Crippen LogP contribution in [0.3, 0.4) is 0 Å². The molecule has 1 aromatic carbocycles. The van der Waals surface area contributed by atoms with Gasteiger partial charge in [0, 0.05) is 13.1 Å². The van der Waals surface area contributed by atoms with Gasteiger partial charge >= 0.3 is 0 Å². The lowest BCUT2D eigenvalue weighted by Gasteiger charge is -2.26. The van der Waals surface area contributed by atoms with Gasteiger partial charge in [-0.05, 0) is 43.2 Å². The van der Waals surface area contributed by atoms with E-state index in [2.05, 4.69) is 0 Å². The van der Waals surface area contributed by atoms with Crippen molar-refractivity contribution in [3.8, 4) is 0 Å². The minimum absolute atomic E-state index is 0.0140. The molecule has 6 heteroatoms. The molecule has 3 aromatic rings. The molecule has 152 valence electrons. The first-order valence-electron chi connectivity index (χ1n) is 9.76.